The first kappa shape index (κ1) is 13.5. The highest BCUT2D eigenvalue weighted by Gasteiger charge is 2.13. The Labute approximate surface area is 111 Å². The van der Waals surface area contributed by atoms with Gasteiger partial charge in [-0.1, -0.05) is 30.3 Å². The molecular weight excluding hydrogens is 222 g/mol. The van der Waals surface area contributed by atoms with Crippen LogP contribution in [0.5, 0.6) is 0 Å². The van der Waals surface area contributed by atoms with Gasteiger partial charge in [0.05, 0.1) is 0 Å². The van der Waals surface area contributed by atoms with Crippen LogP contribution in [0.2, 0.25) is 0 Å². The SMILES string of the molecule is CN(CCN1CCCC1)CC(N)c1ccccc1. The second-order valence-corrected chi connectivity index (χ2v) is 5.33. The summed E-state index contributed by atoms with van der Waals surface area (Å²) in [5.74, 6) is 0. The molecule has 3 heteroatoms. The number of benzene rings is 1. The van der Waals surface area contributed by atoms with Crippen LogP contribution >= 0.6 is 0 Å². The normalized spacial score (nSPS) is 18.4. The van der Waals surface area contributed by atoms with Gasteiger partial charge in [-0.05, 0) is 38.5 Å². The summed E-state index contributed by atoms with van der Waals surface area (Å²) >= 11 is 0. The number of likely N-dealkylation sites (tertiary alicyclic amines) is 1. The van der Waals surface area contributed by atoms with Crippen molar-refractivity contribution in [3.63, 3.8) is 0 Å². The highest BCUT2D eigenvalue weighted by atomic mass is 15.2. The molecule has 1 aromatic rings. The van der Waals surface area contributed by atoms with Gasteiger partial charge in [0.25, 0.3) is 0 Å². The second kappa shape index (κ2) is 6.88. The molecule has 1 heterocycles. The molecule has 18 heavy (non-hydrogen) atoms. The van der Waals surface area contributed by atoms with E-state index in [2.05, 4.69) is 41.1 Å². The van der Waals surface area contributed by atoms with Crippen LogP contribution in [0.4, 0.5) is 0 Å². The summed E-state index contributed by atoms with van der Waals surface area (Å²) in [6, 6.07) is 10.5. The fourth-order valence-corrected chi connectivity index (χ4v) is 2.55. The molecule has 2 N–H and O–H groups in total. The van der Waals surface area contributed by atoms with E-state index in [-0.39, 0.29) is 6.04 Å². The number of nitrogens with zero attached hydrogens (tertiary/aromatic N) is 2. The molecule has 0 amide bonds. The fourth-order valence-electron chi connectivity index (χ4n) is 2.55. The minimum Gasteiger partial charge on any atom is -0.323 e. The van der Waals surface area contributed by atoms with E-state index < -0.39 is 0 Å². The van der Waals surface area contributed by atoms with E-state index in [1.807, 2.05) is 6.07 Å². The molecule has 1 fully saturated rings. The molecule has 0 aromatic heterocycles. The Bertz CT molecular complexity index is 333. The third-order valence-electron chi connectivity index (χ3n) is 3.73. The summed E-state index contributed by atoms with van der Waals surface area (Å²) in [4.78, 5) is 4.89. The summed E-state index contributed by atoms with van der Waals surface area (Å²) < 4.78 is 0. The zero-order chi connectivity index (χ0) is 12.8. The van der Waals surface area contributed by atoms with E-state index in [4.69, 9.17) is 5.73 Å². The van der Waals surface area contributed by atoms with E-state index in [1.54, 1.807) is 0 Å². The molecule has 0 saturated carbocycles. The molecule has 0 spiro atoms. The predicted molar refractivity (Wildman–Crippen MR) is 76.5 cm³/mol. The number of hydrogen-bond acceptors (Lipinski definition) is 3. The van der Waals surface area contributed by atoms with Gasteiger partial charge in [0.15, 0.2) is 0 Å². The number of hydrogen-bond donors (Lipinski definition) is 1. The average molecular weight is 247 g/mol. The Hall–Kier alpha value is -0.900. The zero-order valence-electron chi connectivity index (χ0n) is 11.4. The molecule has 2 rings (SSSR count). The standard InChI is InChI=1S/C15H25N3/c1-17(11-12-18-9-5-6-10-18)13-15(16)14-7-3-2-4-8-14/h2-4,7-8,15H,5-6,9-13,16H2,1H3. The maximum absolute atomic E-state index is 6.22. The summed E-state index contributed by atoms with van der Waals surface area (Å²) in [5.41, 5.74) is 7.45. The second-order valence-electron chi connectivity index (χ2n) is 5.33. The predicted octanol–water partition coefficient (Wildman–Crippen LogP) is 1.71. The molecule has 1 saturated heterocycles. The first-order valence-corrected chi connectivity index (χ1v) is 6.97. The minimum atomic E-state index is 0.120. The molecule has 1 aliphatic rings. The highest BCUT2D eigenvalue weighted by Crippen LogP contribution is 2.11. The van der Waals surface area contributed by atoms with Crippen LogP contribution in [0.1, 0.15) is 24.4 Å². The lowest BCUT2D eigenvalue weighted by molar-refractivity contribution is 0.248. The first-order chi connectivity index (χ1) is 8.75. The first-order valence-electron chi connectivity index (χ1n) is 6.97. The van der Waals surface area contributed by atoms with Gasteiger partial charge >= 0.3 is 0 Å². The van der Waals surface area contributed by atoms with E-state index in [1.165, 1.54) is 38.0 Å². The molecule has 1 unspecified atom stereocenters. The number of nitrogens with two attached hydrogens (primary N) is 1. The Kier molecular flexibility index (Phi) is 5.17. The summed E-state index contributed by atoms with van der Waals surface area (Å²) in [7, 11) is 2.17. The summed E-state index contributed by atoms with van der Waals surface area (Å²) in [5, 5.41) is 0. The van der Waals surface area contributed by atoms with Gasteiger partial charge in [-0.25, -0.2) is 0 Å². The quantitative estimate of drug-likeness (QED) is 0.830. The monoisotopic (exact) mass is 247 g/mol. The van der Waals surface area contributed by atoms with E-state index >= 15 is 0 Å². The van der Waals surface area contributed by atoms with E-state index in [9.17, 15) is 0 Å². The van der Waals surface area contributed by atoms with Crippen molar-refractivity contribution in [2.45, 2.75) is 18.9 Å². The van der Waals surface area contributed by atoms with E-state index in [0.717, 1.165) is 13.1 Å². The molecule has 3 nitrogen and oxygen atoms in total. The van der Waals surface area contributed by atoms with Crippen molar-refractivity contribution in [1.29, 1.82) is 0 Å². The fraction of sp³-hybridized carbons (Fsp3) is 0.600. The maximum Gasteiger partial charge on any atom is 0.0424 e. The van der Waals surface area contributed by atoms with Crippen molar-refractivity contribution in [3.05, 3.63) is 35.9 Å². The molecule has 1 aliphatic heterocycles. The van der Waals surface area contributed by atoms with Crippen molar-refractivity contribution >= 4 is 0 Å². The van der Waals surface area contributed by atoms with Crippen LogP contribution in [0.15, 0.2) is 30.3 Å². The van der Waals surface area contributed by atoms with Crippen molar-refractivity contribution in [2.75, 3.05) is 39.8 Å². The van der Waals surface area contributed by atoms with Crippen LogP contribution in [0, 0.1) is 0 Å². The van der Waals surface area contributed by atoms with Gasteiger partial charge in [0, 0.05) is 25.7 Å². The topological polar surface area (TPSA) is 32.5 Å². The molecular formula is C15H25N3. The Morgan fingerprint density at radius 3 is 2.56 bits per heavy atom. The van der Waals surface area contributed by atoms with Crippen LogP contribution in [0.25, 0.3) is 0 Å². The van der Waals surface area contributed by atoms with Crippen LogP contribution in [-0.4, -0.2) is 49.6 Å². The number of likely N-dealkylation sites (N-methyl/N-ethyl adjacent to an activating group) is 1. The third kappa shape index (κ3) is 4.09. The molecule has 0 aliphatic carbocycles. The molecule has 0 radical (unpaired) electrons. The Balaban J connectivity index is 1.71. The highest BCUT2D eigenvalue weighted by molar-refractivity contribution is 5.18. The van der Waals surface area contributed by atoms with Crippen LogP contribution in [0.3, 0.4) is 0 Å². The summed E-state index contributed by atoms with van der Waals surface area (Å²) in [6.07, 6.45) is 2.74. The largest absolute Gasteiger partial charge is 0.323 e. The van der Waals surface area contributed by atoms with Gasteiger partial charge in [0.1, 0.15) is 0 Å². The third-order valence-corrected chi connectivity index (χ3v) is 3.73. The zero-order valence-corrected chi connectivity index (χ0v) is 11.4. The van der Waals surface area contributed by atoms with Gasteiger partial charge in [-0.15, -0.1) is 0 Å². The Morgan fingerprint density at radius 1 is 1.22 bits per heavy atom. The van der Waals surface area contributed by atoms with Crippen molar-refractivity contribution in [2.24, 2.45) is 5.73 Å². The molecule has 100 valence electrons. The van der Waals surface area contributed by atoms with Gasteiger partial charge in [0.2, 0.25) is 0 Å². The minimum absolute atomic E-state index is 0.120. The lowest BCUT2D eigenvalue weighted by Crippen LogP contribution is -2.35. The molecule has 1 aromatic carbocycles. The summed E-state index contributed by atoms with van der Waals surface area (Å²) in [6.45, 7) is 5.77. The average Bonchev–Trinajstić information content (AvgIpc) is 2.90. The van der Waals surface area contributed by atoms with Crippen molar-refractivity contribution in [1.82, 2.24) is 9.80 Å². The smallest absolute Gasteiger partial charge is 0.0424 e. The molecule has 1 atom stereocenters. The van der Waals surface area contributed by atoms with E-state index in [0.29, 0.717) is 0 Å². The number of rotatable bonds is 6. The van der Waals surface area contributed by atoms with Gasteiger partial charge in [-0.2, -0.15) is 0 Å². The Morgan fingerprint density at radius 2 is 1.89 bits per heavy atom. The van der Waals surface area contributed by atoms with Crippen molar-refractivity contribution < 1.29 is 0 Å². The van der Waals surface area contributed by atoms with Crippen molar-refractivity contribution in [3.8, 4) is 0 Å². The van der Waals surface area contributed by atoms with Gasteiger partial charge < -0.3 is 15.5 Å². The van der Waals surface area contributed by atoms with Gasteiger partial charge in [-0.3, -0.25) is 0 Å². The van der Waals surface area contributed by atoms with Crippen LogP contribution in [-0.2, 0) is 0 Å². The maximum atomic E-state index is 6.22. The molecule has 0 bridgehead atoms. The lowest BCUT2D eigenvalue weighted by Gasteiger charge is -2.24. The van der Waals surface area contributed by atoms with Crippen LogP contribution < -0.4 is 5.73 Å². The lowest BCUT2D eigenvalue weighted by atomic mass is 10.1.